The van der Waals surface area contributed by atoms with Crippen LogP contribution in [0.3, 0.4) is 0 Å². The standard InChI is InChI=1S/C34H46N4O2/c1-2-3-21-34(24-26-13-7-4-8-14-26)32(40)38(33(35)36-34)25-27-19-22-37(23-20-27)31(39)30(28-15-9-5-10-16-28)29-17-11-6-12-18-29/h5-6,9-12,15-18,26-27,30H,2-4,7-8,13-14,19-25H2,1H3,(H2,35,36). The molecule has 0 spiro atoms. The van der Waals surface area contributed by atoms with Gasteiger partial charge in [-0.25, -0.2) is 4.99 Å². The van der Waals surface area contributed by atoms with Crippen molar-refractivity contribution < 1.29 is 9.59 Å². The summed E-state index contributed by atoms with van der Waals surface area (Å²) in [7, 11) is 0. The lowest BCUT2D eigenvalue weighted by Crippen LogP contribution is -2.49. The molecule has 2 amide bonds. The van der Waals surface area contributed by atoms with Crippen molar-refractivity contribution >= 4 is 17.8 Å². The summed E-state index contributed by atoms with van der Waals surface area (Å²) < 4.78 is 0. The number of unbranched alkanes of at least 4 members (excludes halogenated alkanes) is 1. The predicted octanol–water partition coefficient (Wildman–Crippen LogP) is 6.11. The molecule has 1 atom stereocenters. The Hall–Kier alpha value is -3.15. The summed E-state index contributed by atoms with van der Waals surface area (Å²) in [5, 5.41) is 0. The highest BCUT2D eigenvalue weighted by atomic mass is 16.2. The first kappa shape index (κ1) is 28.4. The Morgan fingerprint density at radius 1 is 0.925 bits per heavy atom. The van der Waals surface area contributed by atoms with E-state index >= 15 is 0 Å². The number of benzene rings is 2. The van der Waals surface area contributed by atoms with Crippen LogP contribution in [-0.4, -0.2) is 52.7 Å². The summed E-state index contributed by atoms with van der Waals surface area (Å²) in [5.41, 5.74) is 7.85. The smallest absolute Gasteiger partial charge is 0.257 e. The second-order valence-corrected chi connectivity index (χ2v) is 12.3. The van der Waals surface area contributed by atoms with E-state index in [4.69, 9.17) is 10.7 Å². The number of piperidine rings is 1. The first-order chi connectivity index (χ1) is 19.5. The van der Waals surface area contributed by atoms with Crippen molar-refractivity contribution in [1.29, 1.82) is 0 Å². The quantitative estimate of drug-likeness (QED) is 0.393. The molecule has 3 aliphatic rings. The van der Waals surface area contributed by atoms with Gasteiger partial charge >= 0.3 is 0 Å². The van der Waals surface area contributed by atoms with Crippen LogP contribution in [0.4, 0.5) is 0 Å². The number of amides is 2. The van der Waals surface area contributed by atoms with Gasteiger partial charge in [-0.1, -0.05) is 113 Å². The van der Waals surface area contributed by atoms with Gasteiger partial charge in [-0.05, 0) is 48.6 Å². The van der Waals surface area contributed by atoms with Crippen molar-refractivity contribution in [2.24, 2.45) is 22.6 Å². The maximum Gasteiger partial charge on any atom is 0.257 e. The molecule has 2 aromatic carbocycles. The van der Waals surface area contributed by atoms with E-state index in [1.165, 1.54) is 32.1 Å². The fourth-order valence-electron chi connectivity index (χ4n) is 7.14. The molecule has 1 saturated heterocycles. The lowest BCUT2D eigenvalue weighted by Gasteiger charge is -2.36. The van der Waals surface area contributed by atoms with E-state index < -0.39 is 5.54 Å². The van der Waals surface area contributed by atoms with Crippen molar-refractivity contribution in [2.45, 2.75) is 89.0 Å². The Balaban J connectivity index is 1.23. The van der Waals surface area contributed by atoms with Crippen molar-refractivity contribution in [3.63, 3.8) is 0 Å². The molecule has 0 radical (unpaired) electrons. The van der Waals surface area contributed by atoms with Gasteiger partial charge in [0.25, 0.3) is 5.91 Å². The first-order valence-electron chi connectivity index (χ1n) is 15.6. The van der Waals surface area contributed by atoms with Crippen LogP contribution in [0, 0.1) is 11.8 Å². The lowest BCUT2D eigenvalue weighted by molar-refractivity contribution is -0.135. The van der Waals surface area contributed by atoms with Gasteiger partial charge in [-0.3, -0.25) is 14.5 Å². The van der Waals surface area contributed by atoms with Crippen LogP contribution >= 0.6 is 0 Å². The molecule has 2 aromatic rings. The average Bonchev–Trinajstić information content (AvgIpc) is 3.22. The number of aliphatic imine (C=N–C) groups is 1. The molecule has 5 rings (SSSR count). The number of hydrogen-bond donors (Lipinski definition) is 1. The molecule has 1 aliphatic carbocycles. The maximum absolute atomic E-state index is 13.9. The van der Waals surface area contributed by atoms with E-state index in [0.29, 0.717) is 37.4 Å². The molecule has 0 bridgehead atoms. The van der Waals surface area contributed by atoms with Gasteiger partial charge in [0.05, 0.1) is 5.92 Å². The molecule has 0 aromatic heterocycles. The van der Waals surface area contributed by atoms with Crippen LogP contribution < -0.4 is 5.73 Å². The van der Waals surface area contributed by atoms with E-state index in [-0.39, 0.29) is 17.7 Å². The number of carbonyl (C=O) groups excluding carboxylic acids is 2. The minimum atomic E-state index is -0.669. The fourth-order valence-corrected chi connectivity index (χ4v) is 7.14. The molecular formula is C34H46N4O2. The van der Waals surface area contributed by atoms with E-state index in [9.17, 15) is 9.59 Å². The maximum atomic E-state index is 13.9. The van der Waals surface area contributed by atoms with Gasteiger partial charge in [0.2, 0.25) is 5.91 Å². The Bertz CT molecular complexity index is 1110. The number of carbonyl (C=O) groups is 2. The zero-order valence-corrected chi connectivity index (χ0v) is 24.1. The molecule has 2 heterocycles. The minimum Gasteiger partial charge on any atom is -0.369 e. The van der Waals surface area contributed by atoms with E-state index in [1.807, 2.05) is 65.6 Å². The number of hydrogen-bond acceptors (Lipinski definition) is 4. The monoisotopic (exact) mass is 542 g/mol. The SMILES string of the molecule is CCCCC1(CC2CCCCC2)N=C(N)N(CC2CCN(C(=O)C(c3ccccc3)c3ccccc3)CC2)C1=O. The normalized spacial score (nSPS) is 22.6. The number of likely N-dealkylation sites (tertiary alicyclic amines) is 1. The van der Waals surface area contributed by atoms with Crippen LogP contribution in [0.15, 0.2) is 65.7 Å². The highest BCUT2D eigenvalue weighted by Gasteiger charge is 2.48. The Kier molecular flexibility index (Phi) is 9.23. The topological polar surface area (TPSA) is 79.0 Å². The van der Waals surface area contributed by atoms with Crippen LogP contribution in [0.2, 0.25) is 0 Å². The highest BCUT2D eigenvalue weighted by molar-refractivity contribution is 6.06. The second kappa shape index (κ2) is 13.0. The van der Waals surface area contributed by atoms with Gasteiger partial charge < -0.3 is 10.6 Å². The molecule has 1 saturated carbocycles. The van der Waals surface area contributed by atoms with Crippen LogP contribution in [0.1, 0.15) is 94.6 Å². The largest absolute Gasteiger partial charge is 0.369 e. The summed E-state index contributed by atoms with van der Waals surface area (Å²) in [6, 6.07) is 20.1. The summed E-state index contributed by atoms with van der Waals surface area (Å²) in [6.45, 7) is 4.17. The Morgan fingerprint density at radius 2 is 1.52 bits per heavy atom. The summed E-state index contributed by atoms with van der Waals surface area (Å²) in [6.07, 6.45) is 11.7. The zero-order chi connectivity index (χ0) is 28.0. The minimum absolute atomic E-state index is 0.121. The molecule has 6 nitrogen and oxygen atoms in total. The molecule has 2 aliphatic heterocycles. The Labute approximate surface area is 240 Å². The number of nitrogens with zero attached hydrogens (tertiary/aromatic N) is 3. The van der Waals surface area contributed by atoms with Gasteiger partial charge in [-0.15, -0.1) is 0 Å². The van der Waals surface area contributed by atoms with Crippen molar-refractivity contribution in [3.8, 4) is 0 Å². The molecular weight excluding hydrogens is 496 g/mol. The lowest BCUT2D eigenvalue weighted by atomic mass is 9.77. The summed E-state index contributed by atoms with van der Waals surface area (Å²) in [5.74, 6) is 1.26. The molecule has 214 valence electrons. The van der Waals surface area contributed by atoms with E-state index in [0.717, 1.165) is 49.7 Å². The second-order valence-electron chi connectivity index (χ2n) is 12.3. The number of nitrogens with two attached hydrogens (primary N) is 1. The van der Waals surface area contributed by atoms with Crippen molar-refractivity contribution in [3.05, 3.63) is 71.8 Å². The Morgan fingerprint density at radius 3 is 2.10 bits per heavy atom. The molecule has 2 N–H and O–H groups in total. The molecule has 40 heavy (non-hydrogen) atoms. The summed E-state index contributed by atoms with van der Waals surface area (Å²) >= 11 is 0. The first-order valence-corrected chi connectivity index (χ1v) is 15.6. The number of rotatable bonds is 10. The molecule has 1 unspecified atom stereocenters. The van der Waals surface area contributed by atoms with E-state index in [1.54, 1.807) is 4.90 Å². The van der Waals surface area contributed by atoms with E-state index in [2.05, 4.69) is 6.92 Å². The van der Waals surface area contributed by atoms with Gasteiger partial charge in [0.15, 0.2) is 5.96 Å². The molecule has 2 fully saturated rings. The van der Waals surface area contributed by atoms with Crippen molar-refractivity contribution in [2.75, 3.05) is 19.6 Å². The van der Waals surface area contributed by atoms with Crippen LogP contribution in [0.25, 0.3) is 0 Å². The third-order valence-electron chi connectivity index (χ3n) is 9.42. The third kappa shape index (κ3) is 6.26. The van der Waals surface area contributed by atoms with Gasteiger partial charge in [0, 0.05) is 19.6 Å². The highest BCUT2D eigenvalue weighted by Crippen LogP contribution is 2.39. The van der Waals surface area contributed by atoms with Crippen molar-refractivity contribution in [1.82, 2.24) is 9.80 Å². The van der Waals surface area contributed by atoms with Crippen LogP contribution in [0.5, 0.6) is 0 Å². The van der Waals surface area contributed by atoms with Gasteiger partial charge in [-0.2, -0.15) is 0 Å². The zero-order valence-electron chi connectivity index (χ0n) is 24.1. The molecule has 6 heteroatoms. The number of guanidine groups is 1. The van der Waals surface area contributed by atoms with Gasteiger partial charge in [0.1, 0.15) is 5.54 Å². The third-order valence-corrected chi connectivity index (χ3v) is 9.42. The predicted molar refractivity (Wildman–Crippen MR) is 161 cm³/mol. The van der Waals surface area contributed by atoms with Crippen LogP contribution in [-0.2, 0) is 9.59 Å². The fraction of sp³-hybridized carbons (Fsp3) is 0.559. The summed E-state index contributed by atoms with van der Waals surface area (Å²) in [4.78, 5) is 36.5. The average molecular weight is 543 g/mol.